The molecule has 1 atom stereocenters. The van der Waals surface area contributed by atoms with Crippen LogP contribution in [0.4, 0.5) is 0 Å². The molecule has 0 radical (unpaired) electrons. The smallest absolute Gasteiger partial charge is 0.308 e. The Kier molecular flexibility index (Phi) is 3.40. The van der Waals surface area contributed by atoms with Crippen LogP contribution in [0, 0.1) is 5.41 Å². The van der Waals surface area contributed by atoms with Crippen LogP contribution >= 0.6 is 0 Å². The first-order chi connectivity index (χ1) is 7.70. The zero-order valence-corrected chi connectivity index (χ0v) is 8.90. The van der Waals surface area contributed by atoms with E-state index in [4.69, 9.17) is 18.9 Å². The average Bonchev–Trinajstić information content (AvgIpc) is 2.38. The van der Waals surface area contributed by atoms with Gasteiger partial charge in [0.15, 0.2) is 13.6 Å². The van der Waals surface area contributed by atoms with Gasteiger partial charge in [-0.25, -0.2) is 0 Å². The Balaban J connectivity index is 2.11. The van der Waals surface area contributed by atoms with Crippen molar-refractivity contribution in [3.63, 3.8) is 0 Å². The zero-order valence-electron chi connectivity index (χ0n) is 8.90. The Hall–Kier alpha value is -1.14. The van der Waals surface area contributed by atoms with Gasteiger partial charge in [0.25, 0.3) is 0 Å². The minimum Gasteiger partial charge on any atom is -0.438 e. The van der Waals surface area contributed by atoms with Gasteiger partial charge in [-0.1, -0.05) is 0 Å². The molecule has 90 valence electrons. The molecule has 0 aromatic heterocycles. The molecule has 16 heavy (non-hydrogen) atoms. The van der Waals surface area contributed by atoms with Gasteiger partial charge in [-0.2, -0.15) is 0 Å². The molecule has 1 spiro atoms. The first-order valence-corrected chi connectivity index (χ1v) is 5.17. The highest BCUT2D eigenvalue weighted by Gasteiger charge is 2.39. The zero-order chi connectivity index (χ0) is 11.4. The van der Waals surface area contributed by atoms with E-state index in [2.05, 4.69) is 0 Å². The summed E-state index contributed by atoms with van der Waals surface area (Å²) < 4.78 is 19.9. The summed E-state index contributed by atoms with van der Waals surface area (Å²) in [7, 11) is 0. The van der Waals surface area contributed by atoms with E-state index >= 15 is 0 Å². The fraction of sp³-hybridized carbons (Fsp3) is 0.800. The lowest BCUT2D eigenvalue weighted by molar-refractivity contribution is -0.167. The van der Waals surface area contributed by atoms with E-state index in [0.29, 0.717) is 19.6 Å². The molecule has 0 aliphatic carbocycles. The van der Waals surface area contributed by atoms with E-state index in [1.54, 1.807) is 0 Å². The van der Waals surface area contributed by atoms with Gasteiger partial charge in [-0.05, 0) is 6.42 Å². The van der Waals surface area contributed by atoms with Crippen LogP contribution in [-0.2, 0) is 28.5 Å². The monoisotopic (exact) mass is 230 g/mol. The fourth-order valence-electron chi connectivity index (χ4n) is 1.95. The second-order valence-electron chi connectivity index (χ2n) is 4.13. The predicted molar refractivity (Wildman–Crippen MR) is 50.1 cm³/mol. The van der Waals surface area contributed by atoms with Crippen LogP contribution in [0.25, 0.3) is 0 Å². The largest absolute Gasteiger partial charge is 0.438 e. The van der Waals surface area contributed by atoms with Crippen molar-refractivity contribution in [2.75, 3.05) is 26.8 Å². The van der Waals surface area contributed by atoms with E-state index < -0.39 is 5.41 Å². The van der Waals surface area contributed by atoms with E-state index in [9.17, 15) is 9.59 Å². The summed E-state index contributed by atoms with van der Waals surface area (Å²) in [6.07, 6.45) is 0.939. The van der Waals surface area contributed by atoms with Gasteiger partial charge in [0.2, 0.25) is 0 Å². The van der Waals surface area contributed by atoms with Crippen LogP contribution < -0.4 is 0 Å². The van der Waals surface area contributed by atoms with Gasteiger partial charge < -0.3 is 18.9 Å². The number of carbonyl (C=O) groups is 2. The molecule has 0 saturated carbocycles. The van der Waals surface area contributed by atoms with Crippen LogP contribution in [0.3, 0.4) is 0 Å². The molecule has 0 aromatic carbocycles. The number of carbonyl (C=O) groups excluding carboxylic acids is 2. The van der Waals surface area contributed by atoms with Gasteiger partial charge in [0.05, 0.1) is 26.1 Å². The minimum atomic E-state index is -0.537. The maximum atomic E-state index is 11.4. The standard InChI is InChI=1S/C10H14O6/c11-8-3-10(1-2-13-6-15-8)4-9(12)16-7-14-5-10/h1-7H2. The first kappa shape index (κ1) is 11.3. The number of rotatable bonds is 0. The van der Waals surface area contributed by atoms with Gasteiger partial charge in [-0.15, -0.1) is 0 Å². The third-order valence-corrected chi connectivity index (χ3v) is 2.83. The molecule has 2 aliphatic rings. The van der Waals surface area contributed by atoms with Crippen molar-refractivity contribution in [1.82, 2.24) is 0 Å². The van der Waals surface area contributed by atoms with Gasteiger partial charge in [-0.3, -0.25) is 9.59 Å². The fourth-order valence-corrected chi connectivity index (χ4v) is 1.95. The summed E-state index contributed by atoms with van der Waals surface area (Å²) in [4.78, 5) is 22.8. The molecule has 0 N–H and O–H groups in total. The summed E-state index contributed by atoms with van der Waals surface area (Å²) >= 11 is 0. The van der Waals surface area contributed by atoms with Gasteiger partial charge in [0.1, 0.15) is 0 Å². The van der Waals surface area contributed by atoms with Crippen LogP contribution in [0.15, 0.2) is 0 Å². The van der Waals surface area contributed by atoms with Crippen LogP contribution in [0.2, 0.25) is 0 Å². The quantitative estimate of drug-likeness (QED) is 0.554. The molecule has 6 nitrogen and oxygen atoms in total. The van der Waals surface area contributed by atoms with Crippen molar-refractivity contribution < 1.29 is 28.5 Å². The average molecular weight is 230 g/mol. The molecule has 2 heterocycles. The third-order valence-electron chi connectivity index (χ3n) is 2.83. The molecule has 1 unspecified atom stereocenters. The summed E-state index contributed by atoms with van der Waals surface area (Å²) in [6, 6.07) is 0. The molecule has 2 rings (SSSR count). The second kappa shape index (κ2) is 4.80. The SMILES string of the molecule is O=C1CC2(CCOCO1)COCOC(=O)C2. The lowest BCUT2D eigenvalue weighted by Gasteiger charge is -2.30. The Labute approximate surface area is 92.8 Å². The normalized spacial score (nSPS) is 32.2. The van der Waals surface area contributed by atoms with E-state index in [1.165, 1.54) is 0 Å². The second-order valence-corrected chi connectivity index (χ2v) is 4.13. The number of ether oxygens (including phenoxy) is 4. The minimum absolute atomic E-state index is 0.0137. The molecular weight excluding hydrogens is 216 g/mol. The molecule has 2 saturated heterocycles. The van der Waals surface area contributed by atoms with Crippen LogP contribution in [0.1, 0.15) is 19.3 Å². The molecule has 0 aromatic rings. The Bertz CT molecular complexity index is 289. The number of cyclic esters (lactones) is 2. The lowest BCUT2D eigenvalue weighted by atomic mass is 9.79. The van der Waals surface area contributed by atoms with Crippen molar-refractivity contribution in [2.45, 2.75) is 19.3 Å². The van der Waals surface area contributed by atoms with E-state index in [0.717, 1.165) is 0 Å². The summed E-state index contributed by atoms with van der Waals surface area (Å²) in [6.45, 7) is 0.706. The number of esters is 2. The summed E-state index contributed by atoms with van der Waals surface area (Å²) in [5.74, 6) is -0.705. The predicted octanol–water partition coefficient (Wildman–Crippen LogP) is 0.205. The molecule has 2 fully saturated rings. The summed E-state index contributed by atoms with van der Waals surface area (Å²) in [5, 5.41) is 0. The molecule has 6 heteroatoms. The van der Waals surface area contributed by atoms with Gasteiger partial charge in [0, 0.05) is 5.41 Å². The Morgan fingerprint density at radius 2 is 1.56 bits per heavy atom. The van der Waals surface area contributed by atoms with Crippen molar-refractivity contribution >= 4 is 11.9 Å². The van der Waals surface area contributed by atoms with Crippen molar-refractivity contribution in [3.8, 4) is 0 Å². The molecular formula is C10H14O6. The number of hydrogen-bond donors (Lipinski definition) is 0. The Morgan fingerprint density at radius 3 is 2.25 bits per heavy atom. The molecule has 2 aliphatic heterocycles. The van der Waals surface area contributed by atoms with Crippen molar-refractivity contribution in [3.05, 3.63) is 0 Å². The molecule has 0 amide bonds. The Morgan fingerprint density at radius 1 is 0.938 bits per heavy atom. The van der Waals surface area contributed by atoms with E-state index in [1.807, 2.05) is 0 Å². The van der Waals surface area contributed by atoms with E-state index in [-0.39, 0.29) is 38.4 Å². The maximum Gasteiger partial charge on any atom is 0.308 e. The van der Waals surface area contributed by atoms with Crippen molar-refractivity contribution in [1.29, 1.82) is 0 Å². The van der Waals surface area contributed by atoms with Crippen LogP contribution in [0.5, 0.6) is 0 Å². The first-order valence-electron chi connectivity index (χ1n) is 5.17. The highest BCUT2D eigenvalue weighted by molar-refractivity contribution is 5.74. The van der Waals surface area contributed by atoms with Crippen molar-refractivity contribution in [2.24, 2.45) is 5.41 Å². The number of hydrogen-bond acceptors (Lipinski definition) is 6. The maximum absolute atomic E-state index is 11.4. The highest BCUT2D eigenvalue weighted by atomic mass is 16.7. The van der Waals surface area contributed by atoms with Gasteiger partial charge >= 0.3 is 11.9 Å². The summed E-state index contributed by atoms with van der Waals surface area (Å²) in [5.41, 5.74) is -0.537. The molecule has 0 bridgehead atoms. The topological polar surface area (TPSA) is 71.1 Å². The van der Waals surface area contributed by atoms with Crippen LogP contribution in [-0.4, -0.2) is 38.7 Å². The lowest BCUT2D eigenvalue weighted by Crippen LogP contribution is -2.35. The highest BCUT2D eigenvalue weighted by Crippen LogP contribution is 2.35. The third kappa shape index (κ3) is 2.70.